The number of hydrogen-bond acceptors (Lipinski definition) is 4. The Bertz CT molecular complexity index is 468. The van der Waals surface area contributed by atoms with Gasteiger partial charge in [-0.25, -0.2) is 0 Å². The molecule has 24 heavy (non-hydrogen) atoms. The second-order valence-electron chi connectivity index (χ2n) is 7.69. The molecule has 3 fully saturated rings. The van der Waals surface area contributed by atoms with Gasteiger partial charge in [0, 0.05) is 32.1 Å². The highest BCUT2D eigenvalue weighted by Gasteiger charge is 2.39. The number of rotatable bonds is 2. The van der Waals surface area contributed by atoms with E-state index in [1.165, 1.54) is 32.4 Å². The topological polar surface area (TPSA) is 53.1 Å². The third kappa shape index (κ3) is 3.75. The van der Waals surface area contributed by atoms with E-state index in [0.29, 0.717) is 19.7 Å². The van der Waals surface area contributed by atoms with Gasteiger partial charge < -0.3 is 14.5 Å². The molecule has 1 atom stereocenters. The molecule has 6 nitrogen and oxygen atoms in total. The molecule has 0 saturated carbocycles. The first-order valence-electron chi connectivity index (χ1n) is 9.40. The van der Waals surface area contributed by atoms with Gasteiger partial charge in [-0.05, 0) is 45.7 Å². The maximum atomic E-state index is 12.8. The van der Waals surface area contributed by atoms with Crippen LogP contribution in [0.1, 0.15) is 46.0 Å². The van der Waals surface area contributed by atoms with Gasteiger partial charge in [-0.15, -0.1) is 0 Å². The average molecular weight is 337 g/mol. The Labute approximate surface area is 145 Å². The summed E-state index contributed by atoms with van der Waals surface area (Å²) in [6.07, 6.45) is 5.53. The molecule has 1 unspecified atom stereocenters. The van der Waals surface area contributed by atoms with E-state index in [0.717, 1.165) is 25.9 Å². The van der Waals surface area contributed by atoms with E-state index in [1.807, 2.05) is 4.90 Å². The van der Waals surface area contributed by atoms with Gasteiger partial charge in [0.1, 0.15) is 0 Å². The number of nitrogens with zero attached hydrogens (tertiary/aromatic N) is 3. The third-order valence-electron chi connectivity index (χ3n) is 6.06. The number of ether oxygens (including phenoxy) is 1. The summed E-state index contributed by atoms with van der Waals surface area (Å²) in [6, 6.07) is 0. The van der Waals surface area contributed by atoms with Gasteiger partial charge in [0.2, 0.25) is 5.91 Å². The van der Waals surface area contributed by atoms with Crippen LogP contribution in [0.15, 0.2) is 0 Å². The van der Waals surface area contributed by atoms with Gasteiger partial charge in [-0.3, -0.25) is 14.5 Å². The normalized spacial score (nSPS) is 28.7. The van der Waals surface area contributed by atoms with Crippen molar-refractivity contribution in [3.05, 3.63) is 0 Å². The summed E-state index contributed by atoms with van der Waals surface area (Å²) in [7, 11) is 0. The van der Waals surface area contributed by atoms with E-state index < -0.39 is 6.10 Å². The van der Waals surface area contributed by atoms with Gasteiger partial charge >= 0.3 is 0 Å². The van der Waals surface area contributed by atoms with Crippen LogP contribution in [0.2, 0.25) is 0 Å². The molecule has 0 N–H and O–H groups in total. The van der Waals surface area contributed by atoms with Gasteiger partial charge in [0.15, 0.2) is 6.10 Å². The lowest BCUT2D eigenvalue weighted by Gasteiger charge is -2.48. The van der Waals surface area contributed by atoms with Crippen molar-refractivity contribution in [2.45, 2.75) is 57.6 Å². The summed E-state index contributed by atoms with van der Waals surface area (Å²) in [5.41, 5.74) is 0.232. The second kappa shape index (κ2) is 7.40. The average Bonchev–Trinajstić information content (AvgIpc) is 2.62. The molecule has 6 heteroatoms. The Hall–Kier alpha value is -1.14. The predicted octanol–water partition coefficient (Wildman–Crippen LogP) is 1.10. The number of amides is 2. The molecule has 2 amide bonds. The lowest BCUT2D eigenvalue weighted by atomic mass is 9.86. The van der Waals surface area contributed by atoms with Crippen molar-refractivity contribution >= 4 is 11.8 Å². The highest BCUT2D eigenvalue weighted by Crippen LogP contribution is 2.31. The van der Waals surface area contributed by atoms with Crippen LogP contribution in [0.5, 0.6) is 0 Å². The summed E-state index contributed by atoms with van der Waals surface area (Å²) < 4.78 is 5.65. The van der Waals surface area contributed by atoms with Crippen molar-refractivity contribution < 1.29 is 14.3 Å². The largest absolute Gasteiger partial charge is 0.365 e. The Kier molecular flexibility index (Phi) is 5.45. The third-order valence-corrected chi connectivity index (χ3v) is 6.06. The van der Waals surface area contributed by atoms with Crippen LogP contribution < -0.4 is 0 Å². The molecule has 0 aromatic carbocycles. The van der Waals surface area contributed by atoms with Crippen molar-refractivity contribution in [2.24, 2.45) is 0 Å². The van der Waals surface area contributed by atoms with E-state index >= 15 is 0 Å². The molecule has 0 aromatic rings. The fraction of sp³-hybridized carbons (Fsp3) is 0.889. The van der Waals surface area contributed by atoms with Crippen LogP contribution in [0.4, 0.5) is 0 Å². The fourth-order valence-corrected chi connectivity index (χ4v) is 4.25. The Morgan fingerprint density at radius 1 is 0.958 bits per heavy atom. The zero-order chi connectivity index (χ0) is 17.2. The molecular weight excluding hydrogens is 306 g/mol. The standard InChI is InChI=1S/C18H31N3O3/c1-15(22)20-12-13-24-16(14-20)17(23)19-10-6-18(2,7-11-19)21-8-4-3-5-9-21/h16H,3-14H2,1-2H3. The summed E-state index contributed by atoms with van der Waals surface area (Å²) >= 11 is 0. The minimum absolute atomic E-state index is 0.0208. The molecule has 3 heterocycles. The van der Waals surface area contributed by atoms with E-state index in [4.69, 9.17) is 4.74 Å². The summed E-state index contributed by atoms with van der Waals surface area (Å²) in [6.45, 7) is 9.34. The van der Waals surface area contributed by atoms with Crippen LogP contribution in [-0.4, -0.2) is 84.0 Å². The van der Waals surface area contributed by atoms with Gasteiger partial charge in [-0.1, -0.05) is 6.42 Å². The van der Waals surface area contributed by atoms with E-state index in [-0.39, 0.29) is 17.4 Å². The lowest BCUT2D eigenvalue weighted by molar-refractivity contribution is -0.155. The zero-order valence-corrected chi connectivity index (χ0v) is 15.1. The molecule has 136 valence electrons. The van der Waals surface area contributed by atoms with Crippen molar-refractivity contribution in [3.8, 4) is 0 Å². The first kappa shape index (κ1) is 17.7. The molecule has 0 bridgehead atoms. The summed E-state index contributed by atoms with van der Waals surface area (Å²) in [5.74, 6) is 0.0778. The molecule has 3 aliphatic rings. The van der Waals surface area contributed by atoms with Gasteiger partial charge in [0.05, 0.1) is 13.2 Å². The van der Waals surface area contributed by atoms with Crippen molar-refractivity contribution in [1.82, 2.24) is 14.7 Å². The van der Waals surface area contributed by atoms with E-state index in [1.54, 1.807) is 11.8 Å². The van der Waals surface area contributed by atoms with Crippen molar-refractivity contribution in [2.75, 3.05) is 45.9 Å². The van der Waals surface area contributed by atoms with Gasteiger partial charge in [0.25, 0.3) is 5.91 Å². The smallest absolute Gasteiger partial charge is 0.253 e. The van der Waals surface area contributed by atoms with Crippen LogP contribution >= 0.6 is 0 Å². The Balaban J connectivity index is 1.54. The minimum Gasteiger partial charge on any atom is -0.365 e. The first-order valence-corrected chi connectivity index (χ1v) is 9.40. The Morgan fingerprint density at radius 3 is 2.25 bits per heavy atom. The lowest BCUT2D eigenvalue weighted by Crippen LogP contribution is -2.58. The quantitative estimate of drug-likeness (QED) is 0.757. The number of hydrogen-bond donors (Lipinski definition) is 0. The number of carbonyl (C=O) groups excluding carboxylic acids is 2. The van der Waals surface area contributed by atoms with Crippen LogP contribution in [-0.2, 0) is 14.3 Å². The first-order chi connectivity index (χ1) is 11.5. The highest BCUT2D eigenvalue weighted by molar-refractivity contribution is 5.82. The molecule has 3 aliphatic heterocycles. The maximum Gasteiger partial charge on any atom is 0.253 e. The van der Waals surface area contributed by atoms with E-state index in [2.05, 4.69) is 11.8 Å². The Morgan fingerprint density at radius 2 is 1.62 bits per heavy atom. The monoisotopic (exact) mass is 337 g/mol. The van der Waals surface area contributed by atoms with Gasteiger partial charge in [-0.2, -0.15) is 0 Å². The molecule has 0 aliphatic carbocycles. The molecular formula is C18H31N3O3. The predicted molar refractivity (Wildman–Crippen MR) is 91.6 cm³/mol. The molecule has 0 radical (unpaired) electrons. The van der Waals surface area contributed by atoms with Crippen LogP contribution in [0, 0.1) is 0 Å². The van der Waals surface area contributed by atoms with Crippen LogP contribution in [0.25, 0.3) is 0 Å². The molecule has 3 saturated heterocycles. The van der Waals surface area contributed by atoms with Crippen molar-refractivity contribution in [1.29, 1.82) is 0 Å². The second-order valence-corrected chi connectivity index (χ2v) is 7.69. The maximum absolute atomic E-state index is 12.8. The number of likely N-dealkylation sites (tertiary alicyclic amines) is 2. The highest BCUT2D eigenvalue weighted by atomic mass is 16.5. The molecule has 3 rings (SSSR count). The zero-order valence-electron chi connectivity index (χ0n) is 15.1. The van der Waals surface area contributed by atoms with Crippen LogP contribution in [0.3, 0.4) is 0 Å². The fourth-order valence-electron chi connectivity index (χ4n) is 4.25. The summed E-state index contributed by atoms with van der Waals surface area (Å²) in [5, 5.41) is 0. The number of piperidine rings is 2. The number of carbonyl (C=O) groups is 2. The molecule has 0 spiro atoms. The van der Waals surface area contributed by atoms with E-state index in [9.17, 15) is 9.59 Å². The van der Waals surface area contributed by atoms with Crippen molar-refractivity contribution in [3.63, 3.8) is 0 Å². The molecule has 0 aromatic heterocycles. The minimum atomic E-state index is -0.484. The summed E-state index contributed by atoms with van der Waals surface area (Å²) in [4.78, 5) is 30.6. The number of morpholine rings is 1. The SMILES string of the molecule is CC(=O)N1CCOC(C(=O)N2CCC(C)(N3CCCCC3)CC2)C1.